The van der Waals surface area contributed by atoms with E-state index in [4.69, 9.17) is 9.47 Å². The maximum Gasteiger partial charge on any atom is 0.302 e. The minimum Gasteiger partial charge on any atom is -0.462 e. The van der Waals surface area contributed by atoms with Crippen molar-refractivity contribution in [3.63, 3.8) is 0 Å². The van der Waals surface area contributed by atoms with E-state index in [0.717, 1.165) is 48.3 Å². The third kappa shape index (κ3) is 3.42. The summed E-state index contributed by atoms with van der Waals surface area (Å²) in [5, 5.41) is 0. The van der Waals surface area contributed by atoms with Crippen molar-refractivity contribution in [2.24, 2.45) is 46.3 Å². The molecule has 4 saturated carbocycles. The van der Waals surface area contributed by atoms with Crippen LogP contribution in [0.15, 0.2) is 0 Å². The molecule has 5 aliphatic rings. The molecule has 1 aliphatic heterocycles. The van der Waals surface area contributed by atoms with E-state index in [1.807, 2.05) is 0 Å². The minimum absolute atomic E-state index is 0.00240. The molecule has 5 rings (SSSR count). The van der Waals surface area contributed by atoms with Gasteiger partial charge >= 0.3 is 5.97 Å². The zero-order valence-corrected chi connectivity index (χ0v) is 21.6. The van der Waals surface area contributed by atoms with Crippen molar-refractivity contribution >= 4 is 5.97 Å². The lowest BCUT2D eigenvalue weighted by atomic mass is 9.44. The molecule has 1 saturated heterocycles. The average Bonchev–Trinajstić information content (AvgIpc) is 3.28. The maximum absolute atomic E-state index is 11.6. The number of ether oxygens (including phenoxy) is 2. The second-order valence-corrected chi connectivity index (χ2v) is 13.5. The lowest BCUT2D eigenvalue weighted by Crippen LogP contribution is -2.59. The molecule has 0 aromatic rings. The molecule has 3 nitrogen and oxygen atoms in total. The van der Waals surface area contributed by atoms with Gasteiger partial charge in [0.2, 0.25) is 0 Å². The van der Waals surface area contributed by atoms with Gasteiger partial charge in [0.1, 0.15) is 11.7 Å². The Hall–Kier alpha value is -0.570. The van der Waals surface area contributed by atoms with Crippen LogP contribution in [0.1, 0.15) is 112 Å². The highest BCUT2D eigenvalue weighted by Gasteiger charge is 2.76. The van der Waals surface area contributed by atoms with Gasteiger partial charge in [0.15, 0.2) is 0 Å². The highest BCUT2D eigenvalue weighted by molar-refractivity contribution is 5.66. The first-order valence-corrected chi connectivity index (χ1v) is 14.0. The number of fused-ring (bicyclic) bond motifs is 4. The van der Waals surface area contributed by atoms with Gasteiger partial charge in [-0.2, -0.15) is 0 Å². The molecule has 5 fully saturated rings. The van der Waals surface area contributed by atoms with Crippen LogP contribution in [-0.4, -0.2) is 23.8 Å². The summed E-state index contributed by atoms with van der Waals surface area (Å²) in [4.78, 5) is 11.6. The highest BCUT2D eigenvalue weighted by atomic mass is 16.6. The molecule has 3 heteroatoms. The Morgan fingerprint density at radius 2 is 1.81 bits per heavy atom. The van der Waals surface area contributed by atoms with E-state index < -0.39 is 0 Å². The van der Waals surface area contributed by atoms with Crippen molar-refractivity contribution in [3.05, 3.63) is 0 Å². The van der Waals surface area contributed by atoms with Crippen LogP contribution in [0.25, 0.3) is 0 Å². The number of rotatable bonds is 6. The standard InChI is InChI=1S/C29H48O3/c1-18(2)8-7-9-19(3)23-10-11-24-22-16-26-29(32-26)17-21(31-20(4)30)12-15-28(29,6)25(22)13-14-27(23,24)5/h18-19,21-26H,7-17H2,1-6H3/t19-,21?,22+,23-,24+,25+,26-,27-,28-,29-/m1/s1. The molecule has 0 radical (unpaired) electrons. The highest BCUT2D eigenvalue weighted by Crippen LogP contribution is 2.74. The van der Waals surface area contributed by atoms with Crippen LogP contribution >= 0.6 is 0 Å². The number of carbonyl (C=O) groups is 1. The number of hydrogen-bond donors (Lipinski definition) is 0. The summed E-state index contributed by atoms with van der Waals surface area (Å²) in [7, 11) is 0. The third-order valence-corrected chi connectivity index (χ3v) is 11.6. The summed E-state index contributed by atoms with van der Waals surface area (Å²) in [5.74, 6) is 5.03. The van der Waals surface area contributed by atoms with Crippen molar-refractivity contribution in [1.29, 1.82) is 0 Å². The van der Waals surface area contributed by atoms with Gasteiger partial charge in [-0.25, -0.2) is 0 Å². The second-order valence-electron chi connectivity index (χ2n) is 13.5. The summed E-state index contributed by atoms with van der Waals surface area (Å²) in [6.07, 6.45) is 14.8. The van der Waals surface area contributed by atoms with Gasteiger partial charge in [-0.3, -0.25) is 4.79 Å². The number of esters is 1. The molecule has 0 amide bonds. The number of hydrogen-bond acceptors (Lipinski definition) is 3. The van der Waals surface area contributed by atoms with Gasteiger partial charge in [-0.1, -0.05) is 53.9 Å². The van der Waals surface area contributed by atoms with Crippen molar-refractivity contribution in [2.45, 2.75) is 130 Å². The molecule has 1 unspecified atom stereocenters. The molecule has 182 valence electrons. The molecular formula is C29H48O3. The molecule has 1 heterocycles. The Morgan fingerprint density at radius 1 is 1.03 bits per heavy atom. The van der Waals surface area contributed by atoms with Gasteiger partial charge in [-0.05, 0) is 85.9 Å². The number of carbonyl (C=O) groups excluding carboxylic acids is 1. The van der Waals surface area contributed by atoms with Crippen LogP contribution in [-0.2, 0) is 14.3 Å². The normalized spacial score (nSPS) is 50.1. The Morgan fingerprint density at radius 3 is 2.53 bits per heavy atom. The average molecular weight is 445 g/mol. The quantitative estimate of drug-likeness (QED) is 0.322. The molecule has 10 atom stereocenters. The van der Waals surface area contributed by atoms with Crippen LogP contribution in [0.3, 0.4) is 0 Å². The number of epoxide rings is 1. The first kappa shape index (κ1) is 23.2. The van der Waals surface area contributed by atoms with E-state index in [1.54, 1.807) is 6.92 Å². The first-order chi connectivity index (χ1) is 15.1. The molecular weight excluding hydrogens is 396 g/mol. The van der Waals surface area contributed by atoms with Gasteiger partial charge in [0, 0.05) is 18.8 Å². The Kier molecular flexibility index (Phi) is 5.79. The van der Waals surface area contributed by atoms with E-state index in [-0.39, 0.29) is 23.1 Å². The molecule has 0 N–H and O–H groups in total. The topological polar surface area (TPSA) is 38.8 Å². The Balaban J connectivity index is 1.30. The summed E-state index contributed by atoms with van der Waals surface area (Å²) in [5.41, 5.74) is 0.820. The largest absolute Gasteiger partial charge is 0.462 e. The van der Waals surface area contributed by atoms with Crippen LogP contribution in [0.5, 0.6) is 0 Å². The van der Waals surface area contributed by atoms with E-state index >= 15 is 0 Å². The van der Waals surface area contributed by atoms with Gasteiger partial charge < -0.3 is 9.47 Å². The van der Waals surface area contributed by atoms with Crippen molar-refractivity contribution in [1.82, 2.24) is 0 Å². The SMILES string of the molecule is CC(=O)OC1CC[C@]2(C)[C@H]3CC[C@]4(C)[C@@H]([C@H](C)CCCC(C)C)CC[C@H]4[C@@H]3C[C@H]3O[C@]32C1. The molecule has 1 spiro atoms. The van der Waals surface area contributed by atoms with Crippen molar-refractivity contribution in [2.75, 3.05) is 0 Å². The van der Waals surface area contributed by atoms with Gasteiger partial charge in [0.05, 0.1) is 6.10 Å². The zero-order chi connectivity index (χ0) is 22.9. The Labute approximate surface area is 196 Å². The van der Waals surface area contributed by atoms with Crippen LogP contribution in [0.4, 0.5) is 0 Å². The van der Waals surface area contributed by atoms with E-state index in [9.17, 15) is 4.79 Å². The van der Waals surface area contributed by atoms with Crippen LogP contribution in [0.2, 0.25) is 0 Å². The van der Waals surface area contributed by atoms with Gasteiger partial charge in [-0.15, -0.1) is 0 Å². The fourth-order valence-electron chi connectivity index (χ4n) is 10.00. The fourth-order valence-corrected chi connectivity index (χ4v) is 10.00. The summed E-state index contributed by atoms with van der Waals surface area (Å²) < 4.78 is 12.3. The molecule has 32 heavy (non-hydrogen) atoms. The lowest BCUT2D eigenvalue weighted by Gasteiger charge is -2.59. The van der Waals surface area contributed by atoms with Crippen LogP contribution < -0.4 is 0 Å². The zero-order valence-electron chi connectivity index (χ0n) is 21.6. The molecule has 4 aliphatic carbocycles. The summed E-state index contributed by atoms with van der Waals surface area (Å²) >= 11 is 0. The fraction of sp³-hybridized carbons (Fsp3) is 0.966. The summed E-state index contributed by atoms with van der Waals surface area (Å²) in [6.45, 7) is 14.1. The smallest absolute Gasteiger partial charge is 0.302 e. The summed E-state index contributed by atoms with van der Waals surface area (Å²) in [6, 6.07) is 0. The molecule has 0 bridgehead atoms. The Bertz CT molecular complexity index is 732. The van der Waals surface area contributed by atoms with Crippen LogP contribution in [0, 0.1) is 46.3 Å². The van der Waals surface area contributed by atoms with Crippen molar-refractivity contribution < 1.29 is 14.3 Å². The molecule has 0 aromatic carbocycles. The van der Waals surface area contributed by atoms with E-state index in [0.29, 0.717) is 11.5 Å². The monoisotopic (exact) mass is 444 g/mol. The predicted molar refractivity (Wildman–Crippen MR) is 128 cm³/mol. The van der Waals surface area contributed by atoms with Gasteiger partial charge in [0.25, 0.3) is 0 Å². The predicted octanol–water partition coefficient (Wildman–Crippen LogP) is 7.17. The maximum atomic E-state index is 11.6. The van der Waals surface area contributed by atoms with Crippen molar-refractivity contribution in [3.8, 4) is 0 Å². The molecule has 0 aromatic heterocycles. The third-order valence-electron chi connectivity index (χ3n) is 11.6. The first-order valence-electron chi connectivity index (χ1n) is 14.0. The lowest BCUT2D eigenvalue weighted by molar-refractivity contribution is -0.157. The minimum atomic E-state index is -0.131. The van der Waals surface area contributed by atoms with E-state index in [2.05, 4.69) is 34.6 Å². The van der Waals surface area contributed by atoms with E-state index in [1.165, 1.54) is 57.8 Å². The second kappa shape index (κ2) is 7.99.